The van der Waals surface area contributed by atoms with Crippen molar-refractivity contribution in [3.8, 4) is 0 Å². The monoisotopic (exact) mass is 413 g/mol. The zero-order valence-corrected chi connectivity index (χ0v) is 17.4. The van der Waals surface area contributed by atoms with E-state index in [1.54, 1.807) is 19.9 Å². The molecule has 0 bridgehead atoms. The Morgan fingerprint density at radius 1 is 0.733 bits per heavy atom. The molecule has 5 heteroatoms. The van der Waals surface area contributed by atoms with Crippen molar-refractivity contribution in [1.29, 1.82) is 0 Å². The highest BCUT2D eigenvalue weighted by Gasteiger charge is 2.33. The summed E-state index contributed by atoms with van der Waals surface area (Å²) in [6.07, 6.45) is -4.44. The number of halogens is 3. The van der Waals surface area contributed by atoms with E-state index in [2.05, 4.69) is 0 Å². The number of nitrogens with zero attached hydrogens (tertiary/aromatic N) is 1. The van der Waals surface area contributed by atoms with Crippen LogP contribution in [0.4, 0.5) is 18.9 Å². The van der Waals surface area contributed by atoms with Gasteiger partial charge in [0.1, 0.15) is 0 Å². The number of methoxy groups -OCH3 is 1. The second-order valence-electron chi connectivity index (χ2n) is 7.81. The quantitative estimate of drug-likeness (QED) is 0.423. The van der Waals surface area contributed by atoms with Gasteiger partial charge < -0.3 is 9.64 Å². The van der Waals surface area contributed by atoms with Gasteiger partial charge in [-0.3, -0.25) is 0 Å². The van der Waals surface area contributed by atoms with Crippen molar-refractivity contribution in [3.05, 3.63) is 101 Å². The number of rotatable bonds is 7. The van der Waals surface area contributed by atoms with Crippen LogP contribution >= 0.6 is 0 Å². The van der Waals surface area contributed by atoms with Gasteiger partial charge in [0.15, 0.2) is 0 Å². The summed E-state index contributed by atoms with van der Waals surface area (Å²) in [6.45, 7) is 4.52. The summed E-state index contributed by atoms with van der Waals surface area (Å²) in [6, 6.07) is 23.7. The van der Waals surface area contributed by atoms with Gasteiger partial charge in [0.2, 0.25) is 0 Å². The Balaban J connectivity index is 2.09. The van der Waals surface area contributed by atoms with E-state index in [0.29, 0.717) is 24.3 Å². The molecule has 0 amide bonds. The molecule has 0 heterocycles. The summed E-state index contributed by atoms with van der Waals surface area (Å²) < 4.78 is 46.6. The number of benzene rings is 3. The molecule has 3 rings (SSSR count). The molecule has 0 aliphatic rings. The second kappa shape index (κ2) is 8.92. The van der Waals surface area contributed by atoms with Crippen molar-refractivity contribution in [1.82, 2.24) is 0 Å². The predicted octanol–water partition coefficient (Wildman–Crippen LogP) is 6.79. The van der Waals surface area contributed by atoms with Gasteiger partial charge in [0, 0.05) is 25.9 Å². The van der Waals surface area contributed by atoms with Gasteiger partial charge in [-0.15, -0.1) is 0 Å². The molecule has 0 fully saturated rings. The van der Waals surface area contributed by atoms with Crippen LogP contribution in [0.15, 0.2) is 78.9 Å². The normalized spacial score (nSPS) is 12.1. The Morgan fingerprint density at radius 2 is 1.20 bits per heavy atom. The fraction of sp³-hybridized carbons (Fsp3) is 0.280. The number of ether oxygens (including phenoxy) is 1. The van der Waals surface area contributed by atoms with Crippen molar-refractivity contribution in [3.63, 3.8) is 0 Å². The molecule has 2 nitrogen and oxygen atoms in total. The largest absolute Gasteiger partial charge is 0.416 e. The van der Waals surface area contributed by atoms with Crippen LogP contribution in [-0.4, -0.2) is 7.11 Å². The van der Waals surface area contributed by atoms with Crippen LogP contribution in [0.1, 0.15) is 36.1 Å². The fourth-order valence-electron chi connectivity index (χ4n) is 3.27. The van der Waals surface area contributed by atoms with Crippen molar-refractivity contribution in [2.24, 2.45) is 0 Å². The third kappa shape index (κ3) is 5.42. The van der Waals surface area contributed by atoms with Crippen molar-refractivity contribution < 1.29 is 17.9 Å². The average molecular weight is 413 g/mol. The third-order valence-electron chi connectivity index (χ3n) is 5.25. The predicted molar refractivity (Wildman–Crippen MR) is 114 cm³/mol. The SMILES string of the molecule is COC(C)(C)c1cc(N(Cc2ccccc2)Cc2ccccc2)cc(C(F)(F)F)c1. The molecule has 0 N–H and O–H groups in total. The molecule has 0 atom stereocenters. The highest BCUT2D eigenvalue weighted by Crippen LogP contribution is 2.37. The molecular weight excluding hydrogens is 387 g/mol. The first-order valence-electron chi connectivity index (χ1n) is 9.80. The van der Waals surface area contributed by atoms with E-state index in [4.69, 9.17) is 4.74 Å². The Labute approximate surface area is 175 Å². The zero-order chi connectivity index (χ0) is 21.8. The maximum absolute atomic E-state index is 13.7. The van der Waals surface area contributed by atoms with E-state index in [-0.39, 0.29) is 0 Å². The van der Waals surface area contributed by atoms with Crippen LogP contribution in [0, 0.1) is 0 Å². The highest BCUT2D eigenvalue weighted by molar-refractivity contribution is 5.54. The van der Waals surface area contributed by atoms with Gasteiger partial charge in [-0.1, -0.05) is 60.7 Å². The molecule has 0 aromatic heterocycles. The van der Waals surface area contributed by atoms with Crippen molar-refractivity contribution in [2.45, 2.75) is 38.7 Å². The summed E-state index contributed by atoms with van der Waals surface area (Å²) in [5, 5.41) is 0. The van der Waals surface area contributed by atoms with Gasteiger partial charge in [0.05, 0.1) is 11.2 Å². The molecule has 0 aliphatic heterocycles. The first kappa shape index (κ1) is 21.9. The summed E-state index contributed by atoms with van der Waals surface area (Å²) in [7, 11) is 1.51. The molecular formula is C25H26F3NO. The van der Waals surface area contributed by atoms with Gasteiger partial charge in [-0.05, 0) is 48.7 Å². The third-order valence-corrected chi connectivity index (χ3v) is 5.25. The van der Waals surface area contributed by atoms with Gasteiger partial charge in [-0.2, -0.15) is 13.2 Å². The molecule has 0 saturated heterocycles. The molecule has 30 heavy (non-hydrogen) atoms. The van der Waals surface area contributed by atoms with Crippen LogP contribution in [0.5, 0.6) is 0 Å². The molecule has 3 aromatic carbocycles. The van der Waals surface area contributed by atoms with E-state index in [9.17, 15) is 13.2 Å². The molecule has 0 unspecified atom stereocenters. The Morgan fingerprint density at radius 3 is 1.63 bits per heavy atom. The van der Waals surface area contributed by atoms with Crippen molar-refractivity contribution in [2.75, 3.05) is 12.0 Å². The lowest BCUT2D eigenvalue weighted by molar-refractivity contribution is -0.137. The molecule has 3 aromatic rings. The smallest absolute Gasteiger partial charge is 0.374 e. The number of anilines is 1. The van der Waals surface area contributed by atoms with Crippen LogP contribution in [0.25, 0.3) is 0 Å². The minimum absolute atomic E-state index is 0.487. The lowest BCUT2D eigenvalue weighted by Gasteiger charge is -2.30. The molecule has 0 aliphatic carbocycles. The minimum Gasteiger partial charge on any atom is -0.374 e. The van der Waals surface area contributed by atoms with E-state index >= 15 is 0 Å². The van der Waals surface area contributed by atoms with E-state index < -0.39 is 17.3 Å². The summed E-state index contributed by atoms with van der Waals surface area (Å²) >= 11 is 0. The van der Waals surface area contributed by atoms with E-state index in [1.807, 2.05) is 65.6 Å². The summed E-state index contributed by atoms with van der Waals surface area (Å²) in [5.74, 6) is 0. The Kier molecular flexibility index (Phi) is 6.52. The highest BCUT2D eigenvalue weighted by atomic mass is 19.4. The van der Waals surface area contributed by atoms with Crippen molar-refractivity contribution >= 4 is 5.69 Å². The standard InChI is InChI=1S/C25H26F3NO/c1-24(2,30-3)21-14-22(25(26,27)28)16-23(15-21)29(17-19-10-6-4-7-11-19)18-20-12-8-5-9-13-20/h4-16H,17-18H2,1-3H3. The van der Waals surface area contributed by atoms with Gasteiger partial charge in [0.25, 0.3) is 0 Å². The molecule has 0 radical (unpaired) electrons. The first-order chi connectivity index (χ1) is 14.2. The Hall–Kier alpha value is -2.79. The maximum atomic E-state index is 13.7. The lowest BCUT2D eigenvalue weighted by Crippen LogP contribution is -2.25. The number of hydrogen-bond acceptors (Lipinski definition) is 2. The summed E-state index contributed by atoms with van der Waals surface area (Å²) in [5.41, 5.74) is 1.53. The maximum Gasteiger partial charge on any atom is 0.416 e. The van der Waals surface area contributed by atoms with Crippen LogP contribution in [0.3, 0.4) is 0 Å². The average Bonchev–Trinajstić information content (AvgIpc) is 2.74. The van der Waals surface area contributed by atoms with Crippen LogP contribution in [-0.2, 0) is 29.6 Å². The minimum atomic E-state index is -4.44. The molecule has 0 spiro atoms. The fourth-order valence-corrected chi connectivity index (χ4v) is 3.27. The topological polar surface area (TPSA) is 12.5 Å². The lowest BCUT2D eigenvalue weighted by atomic mass is 9.94. The van der Waals surface area contributed by atoms with Gasteiger partial charge >= 0.3 is 6.18 Å². The van der Waals surface area contributed by atoms with Crippen LogP contribution in [0.2, 0.25) is 0 Å². The Bertz CT molecular complexity index is 912. The van der Waals surface area contributed by atoms with E-state index in [1.165, 1.54) is 19.2 Å². The zero-order valence-electron chi connectivity index (χ0n) is 17.4. The van der Waals surface area contributed by atoms with Crippen LogP contribution < -0.4 is 4.90 Å². The molecule has 0 saturated carbocycles. The second-order valence-corrected chi connectivity index (χ2v) is 7.81. The first-order valence-corrected chi connectivity index (χ1v) is 9.80. The van der Waals surface area contributed by atoms with E-state index in [0.717, 1.165) is 11.1 Å². The summed E-state index contributed by atoms with van der Waals surface area (Å²) in [4.78, 5) is 1.97. The number of alkyl halides is 3. The number of hydrogen-bond donors (Lipinski definition) is 0. The molecule has 158 valence electrons. The van der Waals surface area contributed by atoms with Gasteiger partial charge in [-0.25, -0.2) is 0 Å².